The van der Waals surface area contributed by atoms with E-state index in [1.807, 2.05) is 23.1 Å². The molecule has 0 spiro atoms. The van der Waals surface area contributed by atoms with Gasteiger partial charge in [0, 0.05) is 24.9 Å². The van der Waals surface area contributed by atoms with Crippen LogP contribution in [0.15, 0.2) is 45.8 Å². The largest absolute Gasteiger partial charge is 0.309 e. The molecule has 0 aliphatic rings. The summed E-state index contributed by atoms with van der Waals surface area (Å²) in [6.45, 7) is 5.46. The molecule has 0 saturated carbocycles. The Morgan fingerprint density at radius 1 is 1.20 bits per heavy atom. The number of thiophene rings is 1. The highest BCUT2D eigenvalue weighted by molar-refractivity contribution is 9.10. The molecule has 2 aromatic rings. The number of aryl methyl sites for hydroxylation is 1. The lowest BCUT2D eigenvalue weighted by atomic mass is 10.2. The summed E-state index contributed by atoms with van der Waals surface area (Å²) in [5, 5.41) is 3.66. The molecule has 0 radical (unpaired) electrons. The molecule has 0 aliphatic heterocycles. The predicted molar refractivity (Wildman–Crippen MR) is 95.0 cm³/mol. The number of thioether (sulfide) groups is 1. The molecule has 0 bridgehead atoms. The van der Waals surface area contributed by atoms with Gasteiger partial charge < -0.3 is 5.32 Å². The van der Waals surface area contributed by atoms with Gasteiger partial charge in [-0.3, -0.25) is 0 Å². The van der Waals surface area contributed by atoms with Crippen molar-refractivity contribution in [1.82, 2.24) is 5.32 Å². The molecule has 0 amide bonds. The fourth-order valence-electron chi connectivity index (χ4n) is 1.91. The Morgan fingerprint density at radius 2 is 1.95 bits per heavy atom. The molecule has 0 aliphatic carbocycles. The molecule has 0 fully saturated rings. The van der Waals surface area contributed by atoms with Gasteiger partial charge in [-0.1, -0.05) is 22.9 Å². The lowest BCUT2D eigenvalue weighted by Gasteiger charge is -2.16. The smallest absolute Gasteiger partial charge is 0.0510 e. The molecule has 20 heavy (non-hydrogen) atoms. The van der Waals surface area contributed by atoms with Crippen LogP contribution in [-0.4, -0.2) is 12.3 Å². The van der Waals surface area contributed by atoms with Crippen LogP contribution in [0.4, 0.5) is 0 Å². The summed E-state index contributed by atoms with van der Waals surface area (Å²) in [6.07, 6.45) is 1.17. The zero-order chi connectivity index (χ0) is 14.4. The van der Waals surface area contributed by atoms with Gasteiger partial charge in [0.25, 0.3) is 0 Å². The molecule has 1 aromatic carbocycles. The number of rotatable bonds is 7. The molecule has 1 aromatic heterocycles. The zero-order valence-electron chi connectivity index (χ0n) is 11.9. The Bertz CT molecular complexity index is 522. The number of hydrogen-bond donors (Lipinski definition) is 1. The minimum absolute atomic E-state index is 0.447. The van der Waals surface area contributed by atoms with Crippen LogP contribution in [0.25, 0.3) is 0 Å². The summed E-state index contributed by atoms with van der Waals surface area (Å²) < 4.78 is 1.14. The van der Waals surface area contributed by atoms with Gasteiger partial charge in [0.2, 0.25) is 0 Å². The topological polar surface area (TPSA) is 12.0 Å². The van der Waals surface area contributed by atoms with Gasteiger partial charge in [-0.15, -0.1) is 23.1 Å². The van der Waals surface area contributed by atoms with Crippen molar-refractivity contribution in [1.29, 1.82) is 0 Å². The first-order valence-electron chi connectivity index (χ1n) is 6.87. The molecule has 1 atom stereocenters. The third kappa shape index (κ3) is 4.92. The second-order valence-electron chi connectivity index (χ2n) is 4.72. The first-order valence-corrected chi connectivity index (χ1v) is 9.46. The quantitative estimate of drug-likeness (QED) is 0.632. The fraction of sp³-hybridized carbons (Fsp3) is 0.375. The van der Waals surface area contributed by atoms with Crippen molar-refractivity contribution in [2.75, 3.05) is 12.3 Å². The summed E-state index contributed by atoms with van der Waals surface area (Å²) in [5.41, 5.74) is 0. The summed E-state index contributed by atoms with van der Waals surface area (Å²) in [5.74, 6) is 1.07. The van der Waals surface area contributed by atoms with Crippen LogP contribution in [0.3, 0.4) is 0 Å². The molecule has 0 saturated heterocycles. The van der Waals surface area contributed by atoms with Crippen LogP contribution in [-0.2, 0) is 0 Å². The number of nitrogens with one attached hydrogen (secondary N) is 1. The number of hydrogen-bond acceptors (Lipinski definition) is 3. The van der Waals surface area contributed by atoms with Crippen LogP contribution in [0.1, 0.15) is 29.1 Å². The Kier molecular flexibility index (Phi) is 6.62. The summed E-state index contributed by atoms with van der Waals surface area (Å²) in [6, 6.07) is 13.5. The molecule has 108 valence electrons. The van der Waals surface area contributed by atoms with E-state index < -0.39 is 0 Å². The minimum atomic E-state index is 0.447. The normalized spacial score (nSPS) is 12.6. The number of benzene rings is 1. The van der Waals surface area contributed by atoms with Gasteiger partial charge in [-0.2, -0.15) is 0 Å². The van der Waals surface area contributed by atoms with E-state index in [9.17, 15) is 0 Å². The Labute approximate surface area is 138 Å². The fourth-order valence-corrected chi connectivity index (χ4v) is 4.22. The van der Waals surface area contributed by atoms with Crippen molar-refractivity contribution in [2.45, 2.75) is 31.2 Å². The lowest BCUT2D eigenvalue weighted by molar-refractivity contribution is 0.585. The molecule has 2 rings (SSSR count). The molecule has 1 N–H and O–H groups in total. The average Bonchev–Trinajstić information content (AvgIpc) is 2.87. The van der Waals surface area contributed by atoms with E-state index in [0.29, 0.717) is 6.04 Å². The van der Waals surface area contributed by atoms with Crippen molar-refractivity contribution in [3.05, 3.63) is 50.6 Å². The van der Waals surface area contributed by atoms with Gasteiger partial charge in [0.1, 0.15) is 0 Å². The summed E-state index contributed by atoms with van der Waals surface area (Å²) in [7, 11) is 0. The maximum atomic E-state index is 3.66. The highest BCUT2D eigenvalue weighted by atomic mass is 79.9. The van der Waals surface area contributed by atoms with Crippen molar-refractivity contribution >= 4 is 39.0 Å². The molecule has 1 nitrogen and oxygen atoms in total. The third-order valence-corrected chi connectivity index (χ3v) is 5.72. The van der Waals surface area contributed by atoms with Gasteiger partial charge in [-0.05, 0) is 56.3 Å². The van der Waals surface area contributed by atoms with Crippen LogP contribution >= 0.6 is 39.0 Å². The van der Waals surface area contributed by atoms with Gasteiger partial charge >= 0.3 is 0 Å². The SMILES string of the molecule is CCCNC(CSc1ccc(Br)cc1)c1ccc(C)s1. The average molecular weight is 370 g/mol. The van der Waals surface area contributed by atoms with E-state index in [4.69, 9.17) is 0 Å². The predicted octanol–water partition coefficient (Wildman–Crippen LogP) is 5.65. The Balaban J connectivity index is 1.98. The van der Waals surface area contributed by atoms with E-state index in [1.54, 1.807) is 0 Å². The molecule has 1 heterocycles. The summed E-state index contributed by atoms with van der Waals surface area (Å²) in [4.78, 5) is 4.15. The van der Waals surface area contributed by atoms with E-state index in [1.165, 1.54) is 21.1 Å². The highest BCUT2D eigenvalue weighted by Crippen LogP contribution is 2.29. The number of halogens is 1. The van der Waals surface area contributed by atoms with Gasteiger partial charge in [0.15, 0.2) is 0 Å². The van der Waals surface area contributed by atoms with Crippen LogP contribution in [0, 0.1) is 6.92 Å². The van der Waals surface area contributed by atoms with Crippen molar-refractivity contribution in [3.63, 3.8) is 0 Å². The molecular formula is C16H20BrNS2. The van der Waals surface area contributed by atoms with Gasteiger partial charge in [-0.25, -0.2) is 0 Å². The highest BCUT2D eigenvalue weighted by Gasteiger charge is 2.13. The lowest BCUT2D eigenvalue weighted by Crippen LogP contribution is -2.23. The molecule has 4 heteroatoms. The van der Waals surface area contributed by atoms with Crippen LogP contribution in [0.2, 0.25) is 0 Å². The zero-order valence-corrected chi connectivity index (χ0v) is 15.1. The van der Waals surface area contributed by atoms with Crippen LogP contribution in [0.5, 0.6) is 0 Å². The Hall–Kier alpha value is -0.290. The minimum Gasteiger partial charge on any atom is -0.309 e. The Morgan fingerprint density at radius 3 is 2.55 bits per heavy atom. The van der Waals surface area contributed by atoms with Gasteiger partial charge in [0.05, 0.1) is 6.04 Å². The first kappa shape index (κ1) is 16.1. The second-order valence-corrected chi connectivity index (χ2v) is 8.05. The maximum Gasteiger partial charge on any atom is 0.0510 e. The third-order valence-electron chi connectivity index (χ3n) is 2.98. The second kappa shape index (κ2) is 8.23. The van der Waals surface area contributed by atoms with E-state index in [0.717, 1.165) is 16.8 Å². The monoisotopic (exact) mass is 369 g/mol. The first-order chi connectivity index (χ1) is 9.69. The molecular weight excluding hydrogens is 350 g/mol. The van der Waals surface area contributed by atoms with Crippen LogP contribution < -0.4 is 5.32 Å². The van der Waals surface area contributed by atoms with E-state index in [2.05, 4.69) is 71.5 Å². The summed E-state index contributed by atoms with van der Waals surface area (Å²) >= 11 is 7.29. The maximum absolute atomic E-state index is 3.66. The van der Waals surface area contributed by atoms with E-state index >= 15 is 0 Å². The standard InChI is InChI=1S/C16H20BrNS2/c1-3-10-18-15(16-9-4-12(2)20-16)11-19-14-7-5-13(17)6-8-14/h4-9,15,18H,3,10-11H2,1-2H3. The van der Waals surface area contributed by atoms with Crippen molar-refractivity contribution in [2.24, 2.45) is 0 Å². The van der Waals surface area contributed by atoms with E-state index in [-0.39, 0.29) is 0 Å². The van der Waals surface area contributed by atoms with Crippen molar-refractivity contribution in [3.8, 4) is 0 Å². The molecule has 1 unspecified atom stereocenters. The van der Waals surface area contributed by atoms with Crippen molar-refractivity contribution < 1.29 is 0 Å².